The van der Waals surface area contributed by atoms with Crippen molar-refractivity contribution in [2.75, 3.05) is 44.5 Å². The minimum absolute atomic E-state index is 0.241. The molecule has 0 aliphatic carbocycles. The molecular weight excluding hydrogens is 384 g/mol. The molecule has 0 aromatic heterocycles. The lowest BCUT2D eigenvalue weighted by Gasteiger charge is -2.24. The summed E-state index contributed by atoms with van der Waals surface area (Å²) in [5, 5.41) is 2.65. The average molecular weight is 408 g/mol. The first-order chi connectivity index (χ1) is 13.3. The topological polar surface area (TPSA) is 94.2 Å². The van der Waals surface area contributed by atoms with E-state index < -0.39 is 15.9 Å². The first-order valence-electron chi connectivity index (χ1n) is 8.49. The van der Waals surface area contributed by atoms with E-state index in [2.05, 4.69) is 5.32 Å². The van der Waals surface area contributed by atoms with Gasteiger partial charge in [0.15, 0.2) is 0 Å². The lowest BCUT2D eigenvalue weighted by Crippen LogP contribution is -2.41. The predicted octanol–water partition coefficient (Wildman–Crippen LogP) is 1.66. The number of benzene rings is 2. The van der Waals surface area contributed by atoms with E-state index in [4.69, 9.17) is 14.2 Å². The molecule has 152 valence electrons. The zero-order valence-corrected chi connectivity index (χ0v) is 16.9. The number of sulfonamides is 1. The maximum Gasteiger partial charge on any atom is 0.240 e. The largest absolute Gasteiger partial charge is 0.497 e. The lowest BCUT2D eigenvalue weighted by molar-refractivity contribution is -0.119. The number of methoxy groups -OCH3 is 2. The van der Waals surface area contributed by atoms with E-state index in [9.17, 15) is 13.2 Å². The summed E-state index contributed by atoms with van der Waals surface area (Å²) in [5.74, 6) is 1.03. The standard InChI is InChI=1S/C19H24N2O6S/c1-25-16-9-10-17(18(13-16)26-2)21(28(3,23)24)14-19(22)20-11-12-27-15-7-5-4-6-8-15/h4-10,13H,11-12,14H2,1-3H3,(H,20,22). The summed E-state index contributed by atoms with van der Waals surface area (Å²) in [6.07, 6.45) is 1.03. The van der Waals surface area contributed by atoms with Crippen LogP contribution in [0.25, 0.3) is 0 Å². The fourth-order valence-electron chi connectivity index (χ4n) is 2.43. The van der Waals surface area contributed by atoms with Gasteiger partial charge in [-0.15, -0.1) is 0 Å². The molecule has 2 aromatic carbocycles. The number of hydrogen-bond donors (Lipinski definition) is 1. The van der Waals surface area contributed by atoms with Gasteiger partial charge in [0.1, 0.15) is 30.4 Å². The normalized spacial score (nSPS) is 10.8. The van der Waals surface area contributed by atoms with Crippen molar-refractivity contribution in [2.24, 2.45) is 0 Å². The third-order valence-electron chi connectivity index (χ3n) is 3.78. The zero-order valence-electron chi connectivity index (χ0n) is 16.0. The Morgan fingerprint density at radius 1 is 1.04 bits per heavy atom. The molecule has 0 bridgehead atoms. The highest BCUT2D eigenvalue weighted by Crippen LogP contribution is 2.33. The van der Waals surface area contributed by atoms with Crippen molar-refractivity contribution in [3.8, 4) is 17.2 Å². The molecule has 0 aliphatic rings. The molecule has 2 rings (SSSR count). The van der Waals surface area contributed by atoms with E-state index in [1.807, 2.05) is 30.3 Å². The second kappa shape index (κ2) is 9.84. The summed E-state index contributed by atoms with van der Waals surface area (Å²) in [7, 11) is -0.808. The second-order valence-corrected chi connectivity index (χ2v) is 7.73. The fraction of sp³-hybridized carbons (Fsp3) is 0.316. The summed E-state index contributed by atoms with van der Waals surface area (Å²) in [4.78, 5) is 12.3. The van der Waals surface area contributed by atoms with Crippen LogP contribution in [0.15, 0.2) is 48.5 Å². The molecule has 0 radical (unpaired) electrons. The van der Waals surface area contributed by atoms with Crippen LogP contribution >= 0.6 is 0 Å². The van der Waals surface area contributed by atoms with Gasteiger partial charge in [-0.25, -0.2) is 8.42 Å². The SMILES string of the molecule is COc1ccc(N(CC(=O)NCCOc2ccccc2)S(C)(=O)=O)c(OC)c1. The number of nitrogens with zero attached hydrogens (tertiary/aromatic N) is 1. The van der Waals surface area contributed by atoms with E-state index in [0.29, 0.717) is 11.5 Å². The van der Waals surface area contributed by atoms with Crippen molar-refractivity contribution < 1.29 is 27.4 Å². The highest BCUT2D eigenvalue weighted by molar-refractivity contribution is 7.92. The quantitative estimate of drug-likeness (QED) is 0.601. The Morgan fingerprint density at radius 2 is 1.75 bits per heavy atom. The van der Waals surface area contributed by atoms with E-state index >= 15 is 0 Å². The van der Waals surface area contributed by atoms with Gasteiger partial charge in [0.2, 0.25) is 15.9 Å². The van der Waals surface area contributed by atoms with Gasteiger partial charge < -0.3 is 19.5 Å². The summed E-state index contributed by atoms with van der Waals surface area (Å²) in [6, 6.07) is 13.9. The molecule has 9 heteroatoms. The maximum absolute atomic E-state index is 12.3. The van der Waals surface area contributed by atoms with Crippen LogP contribution in [0.3, 0.4) is 0 Å². The van der Waals surface area contributed by atoms with Crippen LogP contribution in [0.4, 0.5) is 5.69 Å². The molecule has 0 unspecified atom stereocenters. The van der Waals surface area contributed by atoms with Crippen molar-refractivity contribution in [3.05, 3.63) is 48.5 Å². The Balaban J connectivity index is 2.01. The number of para-hydroxylation sites is 1. The van der Waals surface area contributed by atoms with Crippen LogP contribution in [-0.2, 0) is 14.8 Å². The molecule has 1 amide bonds. The van der Waals surface area contributed by atoms with Gasteiger partial charge in [0.25, 0.3) is 0 Å². The Morgan fingerprint density at radius 3 is 2.36 bits per heavy atom. The van der Waals surface area contributed by atoms with Crippen LogP contribution in [0.2, 0.25) is 0 Å². The molecule has 28 heavy (non-hydrogen) atoms. The Labute approximate surface area is 165 Å². The van der Waals surface area contributed by atoms with Gasteiger partial charge in [0.05, 0.1) is 32.7 Å². The van der Waals surface area contributed by atoms with E-state index in [0.717, 1.165) is 10.6 Å². The van der Waals surface area contributed by atoms with E-state index in [1.165, 1.54) is 20.3 Å². The van der Waals surface area contributed by atoms with E-state index in [-0.39, 0.29) is 31.1 Å². The first kappa shape index (κ1) is 21.4. The van der Waals surface area contributed by atoms with Gasteiger partial charge in [-0.1, -0.05) is 18.2 Å². The molecule has 0 heterocycles. The van der Waals surface area contributed by atoms with Crippen LogP contribution in [-0.4, -0.2) is 54.5 Å². The van der Waals surface area contributed by atoms with Crippen LogP contribution in [0.1, 0.15) is 0 Å². The van der Waals surface area contributed by atoms with Crippen molar-refractivity contribution in [2.45, 2.75) is 0 Å². The molecule has 8 nitrogen and oxygen atoms in total. The molecule has 0 saturated carbocycles. The molecular formula is C19H24N2O6S. The minimum atomic E-state index is -3.72. The molecule has 0 spiro atoms. The molecule has 2 aromatic rings. The monoisotopic (exact) mass is 408 g/mol. The lowest BCUT2D eigenvalue weighted by atomic mass is 10.2. The second-order valence-electron chi connectivity index (χ2n) is 5.82. The first-order valence-corrected chi connectivity index (χ1v) is 10.3. The number of ether oxygens (including phenoxy) is 3. The maximum atomic E-state index is 12.3. The van der Waals surface area contributed by atoms with Crippen molar-refractivity contribution in [3.63, 3.8) is 0 Å². The third-order valence-corrected chi connectivity index (χ3v) is 4.91. The average Bonchev–Trinajstić information content (AvgIpc) is 2.69. The van der Waals surface area contributed by atoms with Gasteiger partial charge >= 0.3 is 0 Å². The van der Waals surface area contributed by atoms with Crippen molar-refractivity contribution in [1.82, 2.24) is 5.32 Å². The highest BCUT2D eigenvalue weighted by atomic mass is 32.2. The van der Waals surface area contributed by atoms with Crippen LogP contribution < -0.4 is 23.8 Å². The third kappa shape index (κ3) is 6.05. The predicted molar refractivity (Wildman–Crippen MR) is 107 cm³/mol. The Bertz CT molecular complexity index is 887. The zero-order chi connectivity index (χ0) is 20.6. The number of carbonyl (C=O) groups is 1. The van der Waals surface area contributed by atoms with Gasteiger partial charge in [-0.3, -0.25) is 9.10 Å². The molecule has 0 saturated heterocycles. The van der Waals surface area contributed by atoms with Gasteiger partial charge in [-0.05, 0) is 24.3 Å². The number of nitrogens with one attached hydrogen (secondary N) is 1. The number of anilines is 1. The molecule has 1 N–H and O–H groups in total. The van der Waals surface area contributed by atoms with Gasteiger partial charge in [0, 0.05) is 6.07 Å². The number of carbonyl (C=O) groups excluding carboxylic acids is 1. The number of amides is 1. The minimum Gasteiger partial charge on any atom is -0.497 e. The summed E-state index contributed by atoms with van der Waals surface area (Å²) < 4.78 is 41.3. The molecule has 0 fully saturated rings. The smallest absolute Gasteiger partial charge is 0.240 e. The van der Waals surface area contributed by atoms with Gasteiger partial charge in [-0.2, -0.15) is 0 Å². The highest BCUT2D eigenvalue weighted by Gasteiger charge is 2.24. The van der Waals surface area contributed by atoms with Crippen molar-refractivity contribution in [1.29, 1.82) is 0 Å². The number of rotatable bonds is 10. The van der Waals surface area contributed by atoms with Crippen molar-refractivity contribution >= 4 is 21.6 Å². The van der Waals surface area contributed by atoms with Crippen LogP contribution in [0.5, 0.6) is 17.2 Å². The summed E-state index contributed by atoms with van der Waals surface area (Å²) in [5.41, 5.74) is 0.251. The summed E-state index contributed by atoms with van der Waals surface area (Å²) >= 11 is 0. The Kier molecular flexibility index (Phi) is 7.51. The molecule has 0 atom stereocenters. The Hall–Kier alpha value is -2.94. The fourth-order valence-corrected chi connectivity index (χ4v) is 3.29. The van der Waals surface area contributed by atoms with E-state index in [1.54, 1.807) is 12.1 Å². The molecule has 0 aliphatic heterocycles. The number of hydrogen-bond acceptors (Lipinski definition) is 6. The van der Waals surface area contributed by atoms with Crippen LogP contribution in [0, 0.1) is 0 Å². The summed E-state index contributed by atoms with van der Waals surface area (Å²) in [6.45, 7) is 0.123.